The van der Waals surface area contributed by atoms with Gasteiger partial charge in [-0.2, -0.15) is 4.94 Å². The van der Waals surface area contributed by atoms with Crippen LogP contribution < -0.4 is 11.0 Å². The van der Waals surface area contributed by atoms with E-state index < -0.39 is 0 Å². The van der Waals surface area contributed by atoms with Gasteiger partial charge < -0.3 is 0 Å². The average molecular weight is 132 g/mol. The molecule has 2 N–H and O–H groups in total. The van der Waals surface area contributed by atoms with E-state index in [0.717, 1.165) is 0 Å². The molecule has 0 atom stereocenters. The number of hydrogen-bond donors (Lipinski definition) is 2. The minimum absolute atomic E-state index is 0.372. The van der Waals surface area contributed by atoms with Crippen molar-refractivity contribution in [3.8, 4) is 0 Å². The lowest BCUT2D eigenvalue weighted by Gasteiger charge is -1.99. The number of amides is 2. The summed E-state index contributed by atoms with van der Waals surface area (Å²) in [4.78, 5) is 24.2. The van der Waals surface area contributed by atoms with E-state index in [1.54, 1.807) is 0 Å². The molecule has 0 aromatic heterocycles. The van der Waals surface area contributed by atoms with E-state index in [1.165, 1.54) is 13.8 Å². The lowest BCUT2D eigenvalue weighted by Crippen LogP contribution is -2.31. The molecular formula is C4H8N2O3. The molecule has 5 heteroatoms. The van der Waals surface area contributed by atoms with Gasteiger partial charge in [0.05, 0.1) is 0 Å². The van der Waals surface area contributed by atoms with Crippen LogP contribution in [0.25, 0.3) is 0 Å². The van der Waals surface area contributed by atoms with Gasteiger partial charge in [-0.05, 0) is 0 Å². The van der Waals surface area contributed by atoms with E-state index in [1.807, 2.05) is 11.0 Å². The van der Waals surface area contributed by atoms with Crippen molar-refractivity contribution in [2.75, 3.05) is 0 Å². The zero-order valence-corrected chi connectivity index (χ0v) is 5.22. The molecule has 9 heavy (non-hydrogen) atoms. The molecule has 0 aliphatic carbocycles. The Morgan fingerprint density at radius 2 is 1.44 bits per heavy atom. The van der Waals surface area contributed by atoms with Crippen LogP contribution in [0.2, 0.25) is 0 Å². The fraction of sp³-hybridized carbons (Fsp3) is 0.500. The van der Waals surface area contributed by atoms with Crippen molar-refractivity contribution < 1.29 is 14.5 Å². The summed E-state index contributed by atoms with van der Waals surface area (Å²) in [5, 5.41) is 0. The van der Waals surface area contributed by atoms with E-state index in [-0.39, 0.29) is 11.8 Å². The Kier molecular flexibility index (Phi) is 3.38. The van der Waals surface area contributed by atoms with Gasteiger partial charge in [-0.3, -0.25) is 9.59 Å². The zero-order valence-electron chi connectivity index (χ0n) is 5.22. The maximum atomic E-state index is 10.0. The Bertz CT molecular complexity index is 109. The first-order chi connectivity index (χ1) is 4.13. The van der Waals surface area contributed by atoms with Gasteiger partial charge in [-0.1, -0.05) is 0 Å². The van der Waals surface area contributed by atoms with Gasteiger partial charge in [0.25, 0.3) is 0 Å². The van der Waals surface area contributed by atoms with Crippen LogP contribution in [0.1, 0.15) is 13.8 Å². The molecule has 0 fully saturated rings. The monoisotopic (exact) mass is 132 g/mol. The number of carbonyl (C=O) groups excluding carboxylic acids is 2. The molecule has 5 nitrogen and oxygen atoms in total. The summed E-state index contributed by atoms with van der Waals surface area (Å²) in [6, 6.07) is 0. The molecular weight excluding hydrogens is 124 g/mol. The van der Waals surface area contributed by atoms with Crippen LogP contribution >= 0.6 is 0 Å². The minimum atomic E-state index is -0.372. The van der Waals surface area contributed by atoms with Crippen molar-refractivity contribution in [2.24, 2.45) is 0 Å². The molecule has 0 aliphatic rings. The summed E-state index contributed by atoms with van der Waals surface area (Å²) >= 11 is 0. The van der Waals surface area contributed by atoms with E-state index >= 15 is 0 Å². The van der Waals surface area contributed by atoms with Gasteiger partial charge in [-0.15, -0.1) is 0 Å². The highest BCUT2D eigenvalue weighted by atomic mass is 16.8. The predicted molar refractivity (Wildman–Crippen MR) is 28.7 cm³/mol. The molecule has 0 saturated carbocycles. The third-order valence-electron chi connectivity index (χ3n) is 0.390. The van der Waals surface area contributed by atoms with Crippen LogP contribution in [0.5, 0.6) is 0 Å². The number of hydroxylamine groups is 2. The Morgan fingerprint density at radius 1 is 1.11 bits per heavy atom. The highest BCUT2D eigenvalue weighted by molar-refractivity contribution is 5.73. The summed E-state index contributed by atoms with van der Waals surface area (Å²) in [5.74, 6) is -0.743. The first kappa shape index (κ1) is 7.90. The van der Waals surface area contributed by atoms with Crippen molar-refractivity contribution in [1.29, 1.82) is 0 Å². The normalized spacial score (nSPS) is 8.22. The number of rotatable bonds is 2. The topological polar surface area (TPSA) is 67.4 Å². The molecule has 2 amide bonds. The van der Waals surface area contributed by atoms with Gasteiger partial charge in [-0.25, -0.2) is 11.0 Å². The molecule has 0 unspecified atom stereocenters. The van der Waals surface area contributed by atoms with Gasteiger partial charge >= 0.3 is 0 Å². The summed E-state index contributed by atoms with van der Waals surface area (Å²) in [7, 11) is 0. The maximum Gasteiger partial charge on any atom is 0.242 e. The number of carbonyl (C=O) groups is 2. The average Bonchev–Trinajstić information content (AvgIpc) is 1.63. The van der Waals surface area contributed by atoms with E-state index in [4.69, 9.17) is 0 Å². The van der Waals surface area contributed by atoms with E-state index in [9.17, 15) is 9.59 Å². The molecule has 0 radical (unpaired) electrons. The fourth-order valence-corrected chi connectivity index (χ4v) is 0.169. The van der Waals surface area contributed by atoms with Crippen LogP contribution in [0.3, 0.4) is 0 Å². The van der Waals surface area contributed by atoms with Crippen molar-refractivity contribution in [1.82, 2.24) is 11.0 Å². The lowest BCUT2D eigenvalue weighted by atomic mass is 10.8. The molecule has 0 saturated heterocycles. The Balaban J connectivity index is 3.10. The summed E-state index contributed by atoms with van der Waals surface area (Å²) in [5.41, 5.74) is 3.81. The van der Waals surface area contributed by atoms with Crippen LogP contribution in [0.4, 0.5) is 0 Å². The SMILES string of the molecule is CC(=O)NONC(C)=O. The second-order valence-electron chi connectivity index (χ2n) is 1.42. The maximum absolute atomic E-state index is 10.0. The van der Waals surface area contributed by atoms with Crippen LogP contribution in [0.15, 0.2) is 0 Å². The Morgan fingerprint density at radius 3 is 1.67 bits per heavy atom. The number of hydrogen-bond acceptors (Lipinski definition) is 3. The first-order valence-electron chi connectivity index (χ1n) is 2.32. The molecule has 0 rings (SSSR count). The summed E-state index contributed by atoms with van der Waals surface area (Å²) in [6.45, 7) is 2.53. The Hall–Kier alpha value is -1.10. The van der Waals surface area contributed by atoms with Crippen LogP contribution in [0, 0.1) is 0 Å². The van der Waals surface area contributed by atoms with E-state index in [0.29, 0.717) is 0 Å². The third kappa shape index (κ3) is 6.90. The largest absolute Gasteiger partial charge is 0.273 e. The standard InChI is InChI=1S/C4H8N2O3/c1-3(7)5-9-6-4(2)8/h1-2H3,(H,5,7)(H,6,8). The predicted octanol–water partition coefficient (Wildman–Crippen LogP) is -0.895. The molecule has 0 aromatic carbocycles. The quantitative estimate of drug-likeness (QED) is 0.479. The van der Waals surface area contributed by atoms with Crippen molar-refractivity contribution in [3.05, 3.63) is 0 Å². The molecule has 0 heterocycles. The highest BCUT2D eigenvalue weighted by Gasteiger charge is 1.90. The van der Waals surface area contributed by atoms with Crippen molar-refractivity contribution >= 4 is 11.8 Å². The molecule has 0 aromatic rings. The van der Waals surface area contributed by atoms with Gasteiger partial charge in [0.1, 0.15) is 0 Å². The highest BCUT2D eigenvalue weighted by Crippen LogP contribution is 1.60. The van der Waals surface area contributed by atoms with Crippen LogP contribution in [-0.4, -0.2) is 11.8 Å². The second kappa shape index (κ2) is 3.85. The minimum Gasteiger partial charge on any atom is -0.273 e. The molecule has 0 bridgehead atoms. The summed E-state index contributed by atoms with van der Waals surface area (Å²) in [6.07, 6.45) is 0. The number of nitrogens with one attached hydrogen (secondary N) is 2. The molecule has 0 aliphatic heterocycles. The van der Waals surface area contributed by atoms with Gasteiger partial charge in [0, 0.05) is 13.8 Å². The van der Waals surface area contributed by atoms with E-state index in [2.05, 4.69) is 4.94 Å². The van der Waals surface area contributed by atoms with Crippen LogP contribution in [-0.2, 0) is 14.5 Å². The first-order valence-corrected chi connectivity index (χ1v) is 2.32. The van der Waals surface area contributed by atoms with Crippen molar-refractivity contribution in [2.45, 2.75) is 13.8 Å². The Labute approximate surface area is 52.3 Å². The van der Waals surface area contributed by atoms with Crippen molar-refractivity contribution in [3.63, 3.8) is 0 Å². The second-order valence-corrected chi connectivity index (χ2v) is 1.42. The molecule has 0 spiro atoms. The third-order valence-corrected chi connectivity index (χ3v) is 0.390. The van der Waals surface area contributed by atoms with Gasteiger partial charge in [0.15, 0.2) is 0 Å². The summed E-state index contributed by atoms with van der Waals surface area (Å²) < 4.78 is 0. The smallest absolute Gasteiger partial charge is 0.242 e. The lowest BCUT2D eigenvalue weighted by molar-refractivity contribution is -0.148. The van der Waals surface area contributed by atoms with Gasteiger partial charge in [0.2, 0.25) is 11.8 Å². The zero-order chi connectivity index (χ0) is 7.28. The fourth-order valence-electron chi connectivity index (χ4n) is 0.169. The molecule has 52 valence electrons.